The molecule has 76 valence electrons. The first-order chi connectivity index (χ1) is 6.77. The van der Waals surface area contributed by atoms with E-state index in [2.05, 4.69) is 9.88 Å². The normalized spacial score (nSPS) is 18.4. The largest absolute Gasteiger partial charge is 0.396 e. The summed E-state index contributed by atoms with van der Waals surface area (Å²) in [6.07, 6.45) is 3.39. The predicted molar refractivity (Wildman–Crippen MR) is 58.7 cm³/mol. The minimum atomic E-state index is -0.639. The lowest BCUT2D eigenvalue weighted by Gasteiger charge is -2.29. The SMILES string of the molecule is Nc1cnccc1N1CCS(=O)CC1. The van der Waals surface area contributed by atoms with Crippen LogP contribution in [0.2, 0.25) is 0 Å². The maximum Gasteiger partial charge on any atom is 0.0738 e. The van der Waals surface area contributed by atoms with Crippen molar-refractivity contribution in [1.29, 1.82) is 0 Å². The van der Waals surface area contributed by atoms with Crippen LogP contribution in [0.1, 0.15) is 0 Å². The number of pyridine rings is 1. The van der Waals surface area contributed by atoms with E-state index >= 15 is 0 Å². The molecule has 4 nitrogen and oxygen atoms in total. The minimum Gasteiger partial charge on any atom is -0.396 e. The molecule has 14 heavy (non-hydrogen) atoms. The molecule has 0 atom stereocenters. The molecule has 1 fully saturated rings. The first-order valence-electron chi connectivity index (χ1n) is 4.57. The lowest BCUT2D eigenvalue weighted by Crippen LogP contribution is -2.38. The lowest BCUT2D eigenvalue weighted by molar-refractivity contribution is 0.673. The van der Waals surface area contributed by atoms with Gasteiger partial charge < -0.3 is 10.6 Å². The van der Waals surface area contributed by atoms with E-state index < -0.39 is 10.8 Å². The third-order valence-electron chi connectivity index (χ3n) is 2.35. The summed E-state index contributed by atoms with van der Waals surface area (Å²) in [5, 5.41) is 0. The molecule has 0 saturated carbocycles. The summed E-state index contributed by atoms with van der Waals surface area (Å²) in [4.78, 5) is 6.11. The second kappa shape index (κ2) is 3.96. The van der Waals surface area contributed by atoms with Gasteiger partial charge in [0.15, 0.2) is 0 Å². The van der Waals surface area contributed by atoms with Crippen molar-refractivity contribution in [2.24, 2.45) is 0 Å². The number of anilines is 2. The number of nitrogens with zero attached hydrogens (tertiary/aromatic N) is 2. The van der Waals surface area contributed by atoms with E-state index in [1.165, 1.54) is 0 Å². The van der Waals surface area contributed by atoms with E-state index in [1.807, 2.05) is 6.07 Å². The van der Waals surface area contributed by atoms with Crippen molar-refractivity contribution in [3.8, 4) is 0 Å². The summed E-state index contributed by atoms with van der Waals surface area (Å²) in [5.74, 6) is 1.48. The second-order valence-electron chi connectivity index (χ2n) is 3.27. The number of aromatic nitrogens is 1. The second-order valence-corrected chi connectivity index (χ2v) is 4.97. The number of hydrogen-bond acceptors (Lipinski definition) is 4. The molecule has 0 unspecified atom stereocenters. The fraction of sp³-hybridized carbons (Fsp3) is 0.444. The van der Waals surface area contributed by atoms with Crippen LogP contribution in [-0.4, -0.2) is 33.8 Å². The zero-order valence-corrected chi connectivity index (χ0v) is 8.67. The smallest absolute Gasteiger partial charge is 0.0738 e. The van der Waals surface area contributed by atoms with Crippen molar-refractivity contribution in [1.82, 2.24) is 4.98 Å². The fourth-order valence-electron chi connectivity index (χ4n) is 1.57. The van der Waals surface area contributed by atoms with Gasteiger partial charge in [-0.15, -0.1) is 0 Å². The summed E-state index contributed by atoms with van der Waals surface area (Å²) < 4.78 is 11.2. The van der Waals surface area contributed by atoms with Crippen molar-refractivity contribution >= 4 is 22.2 Å². The van der Waals surface area contributed by atoms with Gasteiger partial charge in [-0.25, -0.2) is 0 Å². The van der Waals surface area contributed by atoms with Crippen molar-refractivity contribution in [3.05, 3.63) is 18.5 Å². The minimum absolute atomic E-state index is 0.639. The first kappa shape index (κ1) is 9.45. The van der Waals surface area contributed by atoms with E-state index in [1.54, 1.807) is 12.4 Å². The standard InChI is InChI=1S/C9H13N3OS/c10-8-7-11-2-1-9(8)12-3-5-14(13)6-4-12/h1-2,7H,3-6,10H2. The number of nitrogens with two attached hydrogens (primary N) is 1. The number of rotatable bonds is 1. The van der Waals surface area contributed by atoms with Gasteiger partial charge in [0.1, 0.15) is 0 Å². The Morgan fingerprint density at radius 3 is 2.79 bits per heavy atom. The highest BCUT2D eigenvalue weighted by Gasteiger charge is 2.16. The van der Waals surface area contributed by atoms with E-state index in [0.717, 1.165) is 30.3 Å². The number of nitrogen functional groups attached to an aromatic ring is 1. The van der Waals surface area contributed by atoms with E-state index in [9.17, 15) is 4.21 Å². The topological polar surface area (TPSA) is 59.2 Å². The zero-order chi connectivity index (χ0) is 9.97. The molecule has 5 heteroatoms. The maximum atomic E-state index is 11.2. The lowest BCUT2D eigenvalue weighted by atomic mass is 10.3. The Morgan fingerprint density at radius 2 is 2.14 bits per heavy atom. The van der Waals surface area contributed by atoms with Crippen LogP contribution in [-0.2, 0) is 10.8 Å². The summed E-state index contributed by atoms with van der Waals surface area (Å²) in [6.45, 7) is 1.64. The monoisotopic (exact) mass is 211 g/mol. The molecule has 0 aromatic carbocycles. The van der Waals surface area contributed by atoms with Gasteiger partial charge >= 0.3 is 0 Å². The zero-order valence-electron chi connectivity index (χ0n) is 7.85. The predicted octanol–water partition coefficient (Wildman–Crippen LogP) is 0.233. The third kappa shape index (κ3) is 1.87. The highest BCUT2D eigenvalue weighted by atomic mass is 32.2. The van der Waals surface area contributed by atoms with Gasteiger partial charge in [0.2, 0.25) is 0 Å². The average molecular weight is 211 g/mol. The first-order valence-corrected chi connectivity index (χ1v) is 6.05. The molecule has 0 aliphatic carbocycles. The Bertz CT molecular complexity index is 346. The van der Waals surface area contributed by atoms with Gasteiger partial charge in [-0.1, -0.05) is 0 Å². The Kier molecular flexibility index (Phi) is 2.67. The molecule has 1 saturated heterocycles. The van der Waals surface area contributed by atoms with E-state index in [4.69, 9.17) is 5.73 Å². The summed E-state index contributed by atoms with van der Waals surface area (Å²) in [5.41, 5.74) is 7.51. The number of hydrogen-bond donors (Lipinski definition) is 1. The molecule has 2 rings (SSSR count). The van der Waals surface area contributed by atoms with Crippen LogP contribution in [0, 0.1) is 0 Å². The van der Waals surface area contributed by atoms with Crippen molar-refractivity contribution < 1.29 is 4.21 Å². The highest BCUT2D eigenvalue weighted by molar-refractivity contribution is 7.85. The summed E-state index contributed by atoms with van der Waals surface area (Å²) >= 11 is 0. The molecule has 0 amide bonds. The fourth-order valence-corrected chi connectivity index (χ4v) is 2.62. The summed E-state index contributed by atoms with van der Waals surface area (Å²) in [7, 11) is -0.639. The Morgan fingerprint density at radius 1 is 1.43 bits per heavy atom. The van der Waals surface area contributed by atoms with Crippen LogP contribution >= 0.6 is 0 Å². The van der Waals surface area contributed by atoms with Crippen LogP contribution in [0.3, 0.4) is 0 Å². The van der Waals surface area contributed by atoms with Gasteiger partial charge in [-0.2, -0.15) is 0 Å². The quantitative estimate of drug-likeness (QED) is 0.722. The third-order valence-corrected chi connectivity index (χ3v) is 3.62. The molecular formula is C9H13N3OS. The average Bonchev–Trinajstić information content (AvgIpc) is 2.20. The van der Waals surface area contributed by atoms with Gasteiger partial charge in [0, 0.05) is 41.6 Å². The van der Waals surface area contributed by atoms with Crippen molar-refractivity contribution in [2.45, 2.75) is 0 Å². The molecule has 0 spiro atoms. The molecule has 2 heterocycles. The summed E-state index contributed by atoms with van der Waals surface area (Å²) in [6, 6.07) is 1.91. The van der Waals surface area contributed by atoms with Crippen molar-refractivity contribution in [3.63, 3.8) is 0 Å². The Balaban J connectivity index is 2.16. The van der Waals surface area contributed by atoms with Crippen LogP contribution < -0.4 is 10.6 Å². The van der Waals surface area contributed by atoms with Crippen molar-refractivity contribution in [2.75, 3.05) is 35.2 Å². The highest BCUT2D eigenvalue weighted by Crippen LogP contribution is 2.22. The maximum absolute atomic E-state index is 11.2. The molecule has 2 N–H and O–H groups in total. The molecular weight excluding hydrogens is 198 g/mol. The van der Waals surface area contributed by atoms with Crippen LogP contribution in [0.5, 0.6) is 0 Å². The van der Waals surface area contributed by atoms with Gasteiger partial charge in [0.05, 0.1) is 17.6 Å². The Hall–Kier alpha value is -1.10. The van der Waals surface area contributed by atoms with E-state index in [-0.39, 0.29) is 0 Å². The van der Waals surface area contributed by atoms with Crippen LogP contribution in [0.4, 0.5) is 11.4 Å². The van der Waals surface area contributed by atoms with Gasteiger partial charge in [-0.3, -0.25) is 9.19 Å². The van der Waals surface area contributed by atoms with Crippen LogP contribution in [0.25, 0.3) is 0 Å². The van der Waals surface area contributed by atoms with Crippen LogP contribution in [0.15, 0.2) is 18.5 Å². The molecule has 0 bridgehead atoms. The molecule has 1 aromatic rings. The van der Waals surface area contributed by atoms with Gasteiger partial charge in [0.25, 0.3) is 0 Å². The van der Waals surface area contributed by atoms with E-state index in [0.29, 0.717) is 5.69 Å². The Labute approximate surface area is 85.6 Å². The molecule has 1 aromatic heterocycles. The molecule has 0 radical (unpaired) electrons. The molecule has 1 aliphatic heterocycles. The molecule has 1 aliphatic rings. The van der Waals surface area contributed by atoms with Gasteiger partial charge in [-0.05, 0) is 6.07 Å².